The number of ether oxygens (including phenoxy) is 1. The third kappa shape index (κ3) is 4.46. The zero-order chi connectivity index (χ0) is 22.7. The second kappa shape index (κ2) is 9.49. The minimum absolute atomic E-state index is 0.00708. The fourth-order valence-corrected chi connectivity index (χ4v) is 7.08. The number of thiophene rings is 1. The van der Waals surface area contributed by atoms with E-state index in [2.05, 4.69) is 10.3 Å². The molecule has 0 unspecified atom stereocenters. The summed E-state index contributed by atoms with van der Waals surface area (Å²) < 4.78 is 32.5. The summed E-state index contributed by atoms with van der Waals surface area (Å²) in [5, 5.41) is 4.44. The van der Waals surface area contributed by atoms with Crippen LogP contribution in [0.2, 0.25) is 0 Å². The smallest absolute Gasteiger partial charge is 0.350 e. The van der Waals surface area contributed by atoms with E-state index in [0.717, 1.165) is 35.5 Å². The van der Waals surface area contributed by atoms with E-state index < -0.39 is 21.9 Å². The molecule has 0 bridgehead atoms. The number of thiazole rings is 1. The van der Waals surface area contributed by atoms with Gasteiger partial charge in [0.2, 0.25) is 10.0 Å². The van der Waals surface area contributed by atoms with Crippen LogP contribution < -0.4 is 5.32 Å². The lowest BCUT2D eigenvalue weighted by molar-refractivity contribution is 0.0532. The molecule has 0 radical (unpaired) electrons. The Hall–Kier alpha value is -2.60. The van der Waals surface area contributed by atoms with E-state index in [0.29, 0.717) is 24.3 Å². The van der Waals surface area contributed by atoms with Crippen LogP contribution in [-0.4, -0.2) is 49.3 Å². The van der Waals surface area contributed by atoms with E-state index in [1.54, 1.807) is 12.3 Å². The van der Waals surface area contributed by atoms with Crippen molar-refractivity contribution in [2.75, 3.05) is 25.0 Å². The van der Waals surface area contributed by atoms with Crippen LogP contribution in [0.1, 0.15) is 39.1 Å². The largest absolute Gasteiger partial charge is 0.462 e. The molecular formula is C21H21N3O5S3. The SMILES string of the molecule is CCOC(=O)c1sc(NC(=O)c2sccc2S(=O)(=O)N2CCCC2)nc1-c1ccccc1. The molecular weight excluding hydrogens is 470 g/mol. The number of hydrogen-bond acceptors (Lipinski definition) is 8. The predicted molar refractivity (Wildman–Crippen MR) is 124 cm³/mol. The van der Waals surface area contributed by atoms with Crippen LogP contribution in [0.4, 0.5) is 5.13 Å². The van der Waals surface area contributed by atoms with Crippen molar-refractivity contribution < 1.29 is 22.7 Å². The third-order valence-corrected chi connectivity index (χ3v) is 8.81. The second-order valence-corrected chi connectivity index (χ2v) is 10.8. The fourth-order valence-electron chi connectivity index (χ4n) is 3.39. The average molecular weight is 492 g/mol. The van der Waals surface area contributed by atoms with Crippen LogP contribution >= 0.6 is 22.7 Å². The van der Waals surface area contributed by atoms with Crippen LogP contribution in [0.15, 0.2) is 46.7 Å². The summed E-state index contributed by atoms with van der Waals surface area (Å²) in [4.78, 5) is 30.2. The first-order valence-electron chi connectivity index (χ1n) is 10.0. The number of rotatable bonds is 7. The topological polar surface area (TPSA) is 106 Å². The Bertz CT molecular complexity index is 1230. The first-order chi connectivity index (χ1) is 15.4. The summed E-state index contributed by atoms with van der Waals surface area (Å²) in [5.41, 5.74) is 1.11. The molecule has 1 aliphatic rings. The van der Waals surface area contributed by atoms with Gasteiger partial charge >= 0.3 is 5.97 Å². The number of carbonyl (C=O) groups is 2. The van der Waals surface area contributed by atoms with Gasteiger partial charge in [-0.1, -0.05) is 41.7 Å². The normalized spacial score (nSPS) is 14.4. The predicted octanol–water partition coefficient (Wildman–Crippen LogP) is 4.09. The lowest BCUT2D eigenvalue weighted by atomic mass is 10.1. The molecule has 4 rings (SSSR count). The molecule has 1 N–H and O–H groups in total. The first kappa shape index (κ1) is 22.6. The number of aromatic nitrogens is 1. The number of benzene rings is 1. The molecule has 3 aromatic rings. The molecule has 8 nitrogen and oxygen atoms in total. The zero-order valence-corrected chi connectivity index (χ0v) is 19.7. The highest BCUT2D eigenvalue weighted by molar-refractivity contribution is 7.89. The van der Waals surface area contributed by atoms with Crippen molar-refractivity contribution in [1.82, 2.24) is 9.29 Å². The van der Waals surface area contributed by atoms with Gasteiger partial charge in [0.15, 0.2) is 5.13 Å². The van der Waals surface area contributed by atoms with Crippen LogP contribution in [0.25, 0.3) is 11.3 Å². The lowest BCUT2D eigenvalue weighted by Crippen LogP contribution is -2.29. The van der Waals surface area contributed by atoms with Crippen molar-refractivity contribution in [1.29, 1.82) is 0 Å². The Kier molecular flexibility index (Phi) is 6.70. The summed E-state index contributed by atoms with van der Waals surface area (Å²) in [6, 6.07) is 10.6. The van der Waals surface area contributed by atoms with Crippen molar-refractivity contribution in [2.45, 2.75) is 24.7 Å². The van der Waals surface area contributed by atoms with E-state index >= 15 is 0 Å². The molecule has 0 aliphatic carbocycles. The van der Waals surface area contributed by atoms with Gasteiger partial charge in [0, 0.05) is 18.7 Å². The van der Waals surface area contributed by atoms with Crippen molar-refractivity contribution in [3.63, 3.8) is 0 Å². The third-order valence-electron chi connectivity index (χ3n) is 4.87. The van der Waals surface area contributed by atoms with E-state index in [4.69, 9.17) is 4.74 Å². The van der Waals surface area contributed by atoms with Gasteiger partial charge in [-0.05, 0) is 31.2 Å². The first-order valence-corrected chi connectivity index (χ1v) is 13.2. The molecule has 1 amide bonds. The maximum atomic E-state index is 13.0. The number of carbonyl (C=O) groups excluding carboxylic acids is 2. The summed E-state index contributed by atoms with van der Waals surface area (Å²) in [7, 11) is -3.74. The molecule has 1 aliphatic heterocycles. The van der Waals surface area contributed by atoms with Crippen molar-refractivity contribution in [3.8, 4) is 11.3 Å². The molecule has 1 fully saturated rings. The minimum atomic E-state index is -3.74. The van der Waals surface area contributed by atoms with Gasteiger partial charge in [-0.25, -0.2) is 18.2 Å². The highest BCUT2D eigenvalue weighted by atomic mass is 32.2. The zero-order valence-electron chi connectivity index (χ0n) is 17.2. The van der Waals surface area contributed by atoms with Gasteiger partial charge in [-0.2, -0.15) is 4.31 Å². The Morgan fingerprint density at radius 2 is 1.84 bits per heavy atom. The van der Waals surface area contributed by atoms with Crippen molar-refractivity contribution in [2.24, 2.45) is 0 Å². The summed E-state index contributed by atoms with van der Waals surface area (Å²) in [5.74, 6) is -1.11. The molecule has 32 heavy (non-hydrogen) atoms. The van der Waals surface area contributed by atoms with Crippen molar-refractivity contribution >= 4 is 49.7 Å². The standard InChI is InChI=1S/C21H21N3O5S3/c1-2-29-20(26)18-16(14-8-4-3-5-9-14)22-21(31-18)23-19(25)17-15(10-13-30-17)32(27,28)24-11-6-7-12-24/h3-5,8-10,13H,2,6-7,11-12H2,1H3,(H,22,23,25). The molecule has 1 saturated heterocycles. The quantitative estimate of drug-likeness (QED) is 0.499. The highest BCUT2D eigenvalue weighted by Gasteiger charge is 2.32. The summed E-state index contributed by atoms with van der Waals surface area (Å²) in [6.07, 6.45) is 1.62. The van der Waals surface area contributed by atoms with Gasteiger partial charge in [-0.3, -0.25) is 10.1 Å². The molecule has 168 valence electrons. The Labute approximate surface area is 193 Å². The van der Waals surface area contributed by atoms with E-state index in [9.17, 15) is 18.0 Å². The Balaban J connectivity index is 1.64. The molecule has 0 spiro atoms. The van der Waals surface area contributed by atoms with Gasteiger partial charge in [0.1, 0.15) is 14.6 Å². The van der Waals surface area contributed by atoms with Gasteiger partial charge < -0.3 is 4.74 Å². The summed E-state index contributed by atoms with van der Waals surface area (Å²) in [6.45, 7) is 2.83. The Morgan fingerprint density at radius 3 is 2.53 bits per heavy atom. The van der Waals surface area contributed by atoms with E-state index in [-0.39, 0.29) is 26.4 Å². The minimum Gasteiger partial charge on any atom is -0.462 e. The maximum absolute atomic E-state index is 13.0. The van der Waals surface area contributed by atoms with Crippen LogP contribution in [0.3, 0.4) is 0 Å². The number of amides is 1. The van der Waals surface area contributed by atoms with Crippen LogP contribution in [0, 0.1) is 0 Å². The maximum Gasteiger partial charge on any atom is 0.350 e. The molecule has 2 aromatic heterocycles. The second-order valence-electron chi connectivity index (χ2n) is 6.96. The fraction of sp³-hybridized carbons (Fsp3) is 0.286. The molecule has 1 aromatic carbocycles. The number of hydrogen-bond donors (Lipinski definition) is 1. The number of esters is 1. The van der Waals surface area contributed by atoms with Crippen molar-refractivity contribution in [3.05, 3.63) is 51.5 Å². The van der Waals surface area contributed by atoms with E-state index in [1.165, 1.54) is 10.4 Å². The molecule has 11 heteroatoms. The van der Waals surface area contributed by atoms with E-state index in [1.807, 2.05) is 30.3 Å². The van der Waals surface area contributed by atoms with Crippen LogP contribution in [-0.2, 0) is 14.8 Å². The number of nitrogens with zero attached hydrogens (tertiary/aromatic N) is 2. The monoisotopic (exact) mass is 491 g/mol. The van der Waals surface area contributed by atoms with Gasteiger partial charge in [-0.15, -0.1) is 11.3 Å². The van der Waals surface area contributed by atoms with Gasteiger partial charge in [0.05, 0.1) is 12.3 Å². The van der Waals surface area contributed by atoms with Gasteiger partial charge in [0.25, 0.3) is 5.91 Å². The molecule has 0 saturated carbocycles. The average Bonchev–Trinajstić information content (AvgIpc) is 3.55. The van der Waals surface area contributed by atoms with Crippen LogP contribution in [0.5, 0.6) is 0 Å². The number of sulfonamides is 1. The Morgan fingerprint density at radius 1 is 1.12 bits per heavy atom. The number of anilines is 1. The summed E-state index contributed by atoms with van der Waals surface area (Å²) >= 11 is 2.05. The highest BCUT2D eigenvalue weighted by Crippen LogP contribution is 2.33. The molecule has 3 heterocycles. The lowest BCUT2D eigenvalue weighted by Gasteiger charge is -2.15. The number of nitrogens with one attached hydrogen (secondary N) is 1. The molecule has 0 atom stereocenters.